The van der Waals surface area contributed by atoms with Crippen LogP contribution >= 0.6 is 0 Å². The summed E-state index contributed by atoms with van der Waals surface area (Å²) < 4.78 is 20.8. The van der Waals surface area contributed by atoms with Crippen LogP contribution in [-0.4, -0.2) is 0 Å². The molecule has 0 saturated carbocycles. The molecule has 1 heterocycles. The number of rotatable bonds is 2. The summed E-state index contributed by atoms with van der Waals surface area (Å²) in [5.41, 5.74) is 6.14. The Morgan fingerprint density at radius 1 is 0.630 bits per heavy atom. The average molecular weight is 352 g/mol. The Balaban J connectivity index is 1.83. The molecule has 0 fully saturated rings. The van der Waals surface area contributed by atoms with Crippen LogP contribution in [0.4, 0.5) is 4.39 Å². The summed E-state index contributed by atoms with van der Waals surface area (Å²) >= 11 is 0. The topological polar surface area (TPSA) is 13.1 Å². The fourth-order valence-electron chi connectivity index (χ4n) is 3.76. The summed E-state index contributed by atoms with van der Waals surface area (Å²) in [7, 11) is 0. The Morgan fingerprint density at radius 3 is 2.15 bits per heavy atom. The van der Waals surface area contributed by atoms with Gasteiger partial charge in [0, 0.05) is 21.9 Å². The van der Waals surface area contributed by atoms with E-state index in [1.165, 1.54) is 6.07 Å². The van der Waals surface area contributed by atoms with Crippen molar-refractivity contribution in [2.24, 2.45) is 0 Å². The van der Waals surface area contributed by atoms with E-state index >= 15 is 0 Å². The van der Waals surface area contributed by atoms with Gasteiger partial charge in [-0.1, -0.05) is 72.3 Å². The van der Waals surface area contributed by atoms with Gasteiger partial charge in [0.2, 0.25) is 0 Å². The highest BCUT2D eigenvalue weighted by Gasteiger charge is 2.16. The molecule has 0 aliphatic rings. The van der Waals surface area contributed by atoms with Crippen LogP contribution in [-0.2, 0) is 0 Å². The maximum Gasteiger partial charge on any atom is 0.143 e. The van der Waals surface area contributed by atoms with Crippen molar-refractivity contribution in [3.8, 4) is 22.3 Å². The number of halogens is 1. The van der Waals surface area contributed by atoms with Crippen LogP contribution in [0.5, 0.6) is 0 Å². The van der Waals surface area contributed by atoms with Crippen molar-refractivity contribution in [1.29, 1.82) is 0 Å². The fourth-order valence-corrected chi connectivity index (χ4v) is 3.76. The number of hydrogen-bond donors (Lipinski definition) is 0. The van der Waals surface area contributed by atoms with Gasteiger partial charge in [-0.05, 0) is 36.2 Å². The summed E-state index contributed by atoms with van der Waals surface area (Å²) in [5, 5.41) is 2.16. The van der Waals surface area contributed by atoms with E-state index in [2.05, 4.69) is 12.1 Å². The molecule has 0 aliphatic heterocycles. The van der Waals surface area contributed by atoms with Crippen LogP contribution < -0.4 is 0 Å². The molecule has 2 heteroatoms. The van der Waals surface area contributed by atoms with E-state index in [1.807, 2.05) is 67.6 Å². The fraction of sp³-hybridized carbons (Fsp3) is 0.0400. The number of fused-ring (bicyclic) bond motifs is 3. The highest BCUT2D eigenvalue weighted by Crippen LogP contribution is 2.40. The Morgan fingerprint density at radius 2 is 1.30 bits per heavy atom. The highest BCUT2D eigenvalue weighted by atomic mass is 19.1. The minimum atomic E-state index is -0.218. The molecule has 4 aromatic carbocycles. The third-order valence-corrected chi connectivity index (χ3v) is 5.03. The van der Waals surface area contributed by atoms with Gasteiger partial charge in [0.25, 0.3) is 0 Å². The van der Waals surface area contributed by atoms with Gasteiger partial charge >= 0.3 is 0 Å². The Kier molecular flexibility index (Phi) is 3.58. The van der Waals surface area contributed by atoms with Gasteiger partial charge in [-0.3, -0.25) is 0 Å². The minimum Gasteiger partial charge on any atom is -0.455 e. The van der Waals surface area contributed by atoms with E-state index in [0.29, 0.717) is 5.56 Å². The van der Waals surface area contributed by atoms with E-state index in [0.717, 1.165) is 44.2 Å². The molecule has 130 valence electrons. The Labute approximate surface area is 156 Å². The normalized spacial score (nSPS) is 11.3. The van der Waals surface area contributed by atoms with Crippen LogP contribution in [0.1, 0.15) is 5.56 Å². The number of benzene rings is 4. The lowest BCUT2D eigenvalue weighted by Gasteiger charge is -2.12. The average Bonchev–Trinajstić information content (AvgIpc) is 3.09. The molecule has 0 amide bonds. The van der Waals surface area contributed by atoms with E-state index < -0.39 is 0 Å². The summed E-state index contributed by atoms with van der Waals surface area (Å²) in [6.45, 7) is 1.98. The van der Waals surface area contributed by atoms with Gasteiger partial charge in [0.05, 0.1) is 0 Å². The number of furan rings is 1. The Hall–Kier alpha value is -3.39. The molecular formula is C25H17FO. The predicted octanol–water partition coefficient (Wildman–Crippen LogP) is 7.37. The quantitative estimate of drug-likeness (QED) is 0.323. The van der Waals surface area contributed by atoms with Crippen molar-refractivity contribution < 1.29 is 8.81 Å². The highest BCUT2D eigenvalue weighted by molar-refractivity contribution is 6.10. The third-order valence-electron chi connectivity index (χ3n) is 5.03. The van der Waals surface area contributed by atoms with Crippen molar-refractivity contribution in [3.05, 3.63) is 96.3 Å². The van der Waals surface area contributed by atoms with Crippen LogP contribution in [0, 0.1) is 12.7 Å². The molecule has 0 atom stereocenters. The maximum atomic E-state index is 14.6. The first-order chi connectivity index (χ1) is 13.2. The van der Waals surface area contributed by atoms with E-state index in [1.54, 1.807) is 6.07 Å². The van der Waals surface area contributed by atoms with E-state index in [4.69, 9.17) is 4.42 Å². The van der Waals surface area contributed by atoms with Gasteiger partial charge in [-0.15, -0.1) is 0 Å². The molecule has 0 radical (unpaired) electrons. The van der Waals surface area contributed by atoms with Crippen LogP contribution in [0.25, 0.3) is 44.2 Å². The second-order valence-electron chi connectivity index (χ2n) is 6.81. The van der Waals surface area contributed by atoms with Crippen LogP contribution in [0.3, 0.4) is 0 Å². The molecule has 1 nitrogen and oxygen atoms in total. The monoisotopic (exact) mass is 352 g/mol. The largest absolute Gasteiger partial charge is 0.455 e. The lowest BCUT2D eigenvalue weighted by molar-refractivity contribution is 0.631. The first-order valence-electron chi connectivity index (χ1n) is 8.98. The van der Waals surface area contributed by atoms with Gasteiger partial charge < -0.3 is 4.42 Å². The third kappa shape index (κ3) is 2.53. The molecule has 0 bridgehead atoms. The van der Waals surface area contributed by atoms with Crippen molar-refractivity contribution >= 4 is 21.9 Å². The number of aryl methyl sites for hydroxylation is 1. The smallest absolute Gasteiger partial charge is 0.143 e. The van der Waals surface area contributed by atoms with Gasteiger partial charge in [-0.2, -0.15) is 0 Å². The molecule has 0 unspecified atom stereocenters. The zero-order valence-corrected chi connectivity index (χ0v) is 14.9. The zero-order valence-electron chi connectivity index (χ0n) is 14.9. The van der Waals surface area contributed by atoms with E-state index in [-0.39, 0.29) is 5.82 Å². The zero-order chi connectivity index (χ0) is 18.4. The van der Waals surface area contributed by atoms with Crippen LogP contribution in [0.2, 0.25) is 0 Å². The lowest BCUT2D eigenvalue weighted by Crippen LogP contribution is -1.90. The van der Waals surface area contributed by atoms with Crippen molar-refractivity contribution in [2.75, 3.05) is 0 Å². The second-order valence-corrected chi connectivity index (χ2v) is 6.81. The van der Waals surface area contributed by atoms with Gasteiger partial charge in [0.1, 0.15) is 17.0 Å². The Bertz CT molecular complexity index is 1300. The second kappa shape index (κ2) is 6.10. The molecule has 0 saturated heterocycles. The summed E-state index contributed by atoms with van der Waals surface area (Å²) in [5.74, 6) is -0.218. The predicted molar refractivity (Wildman–Crippen MR) is 109 cm³/mol. The summed E-state index contributed by atoms with van der Waals surface area (Å²) in [4.78, 5) is 0. The molecule has 5 aromatic rings. The summed E-state index contributed by atoms with van der Waals surface area (Å²) in [6.07, 6.45) is 0. The van der Waals surface area contributed by atoms with Crippen molar-refractivity contribution in [1.82, 2.24) is 0 Å². The number of hydrogen-bond acceptors (Lipinski definition) is 1. The summed E-state index contributed by atoms with van der Waals surface area (Å²) in [6, 6.07) is 27.3. The van der Waals surface area contributed by atoms with Crippen molar-refractivity contribution in [3.63, 3.8) is 0 Å². The van der Waals surface area contributed by atoms with E-state index in [9.17, 15) is 4.39 Å². The SMILES string of the molecule is Cc1ccc(F)c(-c2ccccc2-c2cccc3c2oc2ccccc23)c1. The molecule has 1 aromatic heterocycles. The maximum absolute atomic E-state index is 14.6. The first-order valence-corrected chi connectivity index (χ1v) is 8.98. The van der Waals surface area contributed by atoms with Crippen LogP contribution in [0.15, 0.2) is 89.3 Å². The van der Waals surface area contributed by atoms with Gasteiger partial charge in [-0.25, -0.2) is 4.39 Å². The van der Waals surface area contributed by atoms with Gasteiger partial charge in [0.15, 0.2) is 0 Å². The molecule has 0 N–H and O–H groups in total. The molecule has 27 heavy (non-hydrogen) atoms. The molecule has 5 rings (SSSR count). The molecular weight excluding hydrogens is 335 g/mol. The molecule has 0 aliphatic carbocycles. The van der Waals surface area contributed by atoms with Crippen molar-refractivity contribution in [2.45, 2.75) is 6.92 Å². The first kappa shape index (κ1) is 15.8. The molecule has 0 spiro atoms. The standard InChI is InChI=1S/C25H17FO/c1-16-13-14-23(26)22(15-16)18-8-3-2-7-17(18)20-10-6-11-21-19-9-4-5-12-24(19)27-25(20)21/h2-15H,1H3. The number of para-hydroxylation sites is 2. The lowest BCUT2D eigenvalue weighted by atomic mass is 9.92. The minimum absolute atomic E-state index is 0.218.